The van der Waals surface area contributed by atoms with Crippen LogP contribution in [0.4, 0.5) is 0 Å². The zero-order chi connectivity index (χ0) is 17.7. The summed E-state index contributed by atoms with van der Waals surface area (Å²) in [4.78, 5) is 33.7. The van der Waals surface area contributed by atoms with E-state index in [0.717, 1.165) is 11.8 Å². The molecule has 1 heterocycles. The first-order valence-corrected chi connectivity index (χ1v) is 8.26. The number of hydrogen-bond acceptors (Lipinski definition) is 7. The zero-order valence-electron chi connectivity index (χ0n) is 12.4. The summed E-state index contributed by atoms with van der Waals surface area (Å²) in [6.45, 7) is 0. The van der Waals surface area contributed by atoms with E-state index in [-0.39, 0.29) is 11.6 Å². The molecular weight excluding hydrogens is 402 g/mol. The number of amides is 1. The highest BCUT2D eigenvalue weighted by Crippen LogP contribution is 2.22. The fraction of sp³-hybridized carbons (Fsp3) is 0.214. The lowest BCUT2D eigenvalue weighted by molar-refractivity contribution is -0.138. The SMILES string of the molecule is COC(=O)c1ccc(C=NN=C2NC(=O)C(CC(=O)O)S2)cc1Br. The van der Waals surface area contributed by atoms with E-state index in [1.54, 1.807) is 18.2 Å². The van der Waals surface area contributed by atoms with Gasteiger partial charge < -0.3 is 15.2 Å². The third-order valence-corrected chi connectivity index (χ3v) is 4.62. The van der Waals surface area contributed by atoms with Crippen molar-refractivity contribution in [2.24, 2.45) is 10.2 Å². The molecule has 1 aliphatic rings. The number of aliphatic carboxylic acids is 1. The van der Waals surface area contributed by atoms with Crippen LogP contribution < -0.4 is 5.32 Å². The van der Waals surface area contributed by atoms with Crippen molar-refractivity contribution in [3.05, 3.63) is 33.8 Å². The van der Waals surface area contributed by atoms with Crippen molar-refractivity contribution in [2.45, 2.75) is 11.7 Å². The number of carboxylic acids is 1. The standard InChI is InChI=1S/C14H12BrN3O5S/c1-23-13(22)8-3-2-7(4-9(8)15)6-16-18-14-17-12(21)10(24-14)5-11(19)20/h2-4,6,10H,5H2,1H3,(H,19,20)(H,17,18,21). The third kappa shape index (κ3) is 4.65. The van der Waals surface area contributed by atoms with E-state index in [0.29, 0.717) is 15.6 Å². The van der Waals surface area contributed by atoms with Crippen LogP contribution in [-0.2, 0) is 14.3 Å². The summed E-state index contributed by atoms with van der Waals surface area (Å²) in [5.74, 6) is -1.91. The number of methoxy groups -OCH3 is 1. The normalized spacial score (nSPS) is 18.8. The molecule has 1 atom stereocenters. The number of carbonyl (C=O) groups excluding carboxylic acids is 2. The molecule has 2 N–H and O–H groups in total. The summed E-state index contributed by atoms with van der Waals surface area (Å²) in [5.41, 5.74) is 1.06. The number of nitrogens with one attached hydrogen (secondary N) is 1. The molecule has 2 rings (SSSR count). The first-order valence-electron chi connectivity index (χ1n) is 6.59. The minimum Gasteiger partial charge on any atom is -0.481 e. The molecule has 0 aliphatic carbocycles. The molecule has 10 heteroatoms. The largest absolute Gasteiger partial charge is 0.481 e. The van der Waals surface area contributed by atoms with E-state index in [1.165, 1.54) is 13.3 Å². The van der Waals surface area contributed by atoms with Crippen molar-refractivity contribution in [1.29, 1.82) is 0 Å². The third-order valence-electron chi connectivity index (χ3n) is 2.89. The number of thioether (sulfide) groups is 1. The van der Waals surface area contributed by atoms with Gasteiger partial charge in [0.25, 0.3) is 0 Å². The Labute approximate surface area is 149 Å². The summed E-state index contributed by atoms with van der Waals surface area (Å²) >= 11 is 4.29. The predicted molar refractivity (Wildman–Crippen MR) is 92.3 cm³/mol. The molecule has 1 aromatic rings. The van der Waals surface area contributed by atoms with E-state index in [4.69, 9.17) is 5.11 Å². The van der Waals surface area contributed by atoms with Gasteiger partial charge in [0.1, 0.15) is 5.25 Å². The van der Waals surface area contributed by atoms with Crippen LogP contribution in [0, 0.1) is 0 Å². The molecule has 0 aromatic heterocycles. The second-order valence-corrected chi connectivity index (χ2v) is 6.62. The van der Waals surface area contributed by atoms with E-state index in [1.807, 2.05) is 0 Å². The van der Waals surface area contributed by atoms with E-state index in [2.05, 4.69) is 36.2 Å². The molecule has 0 saturated carbocycles. The lowest BCUT2D eigenvalue weighted by atomic mass is 10.1. The minimum atomic E-state index is -1.05. The Bertz CT molecular complexity index is 750. The van der Waals surface area contributed by atoms with Crippen LogP contribution in [0.5, 0.6) is 0 Å². The molecule has 8 nitrogen and oxygen atoms in total. The maximum Gasteiger partial charge on any atom is 0.339 e. The first-order chi connectivity index (χ1) is 11.4. The molecule has 126 valence electrons. The molecule has 1 amide bonds. The number of carboxylic acid groups (broad SMARTS) is 1. The van der Waals surface area contributed by atoms with Crippen LogP contribution >= 0.6 is 27.7 Å². The van der Waals surface area contributed by atoms with Crippen molar-refractivity contribution in [2.75, 3.05) is 7.11 Å². The van der Waals surface area contributed by atoms with Crippen LogP contribution in [-0.4, -0.2) is 46.7 Å². The Kier molecular flexibility index (Phi) is 6.10. The minimum absolute atomic E-state index is 0.243. The van der Waals surface area contributed by atoms with Gasteiger partial charge in [-0.1, -0.05) is 17.8 Å². The molecule has 1 unspecified atom stereocenters. The Balaban J connectivity index is 2.04. The molecule has 1 fully saturated rings. The van der Waals surface area contributed by atoms with Crippen LogP contribution in [0.2, 0.25) is 0 Å². The number of esters is 1. The molecule has 1 aromatic carbocycles. The van der Waals surface area contributed by atoms with Crippen LogP contribution in [0.15, 0.2) is 32.9 Å². The van der Waals surface area contributed by atoms with Gasteiger partial charge >= 0.3 is 11.9 Å². The van der Waals surface area contributed by atoms with Crippen LogP contribution in [0.1, 0.15) is 22.3 Å². The van der Waals surface area contributed by atoms with Gasteiger partial charge in [0.15, 0.2) is 5.17 Å². The Hall–Kier alpha value is -2.20. The number of rotatable bonds is 5. The smallest absolute Gasteiger partial charge is 0.339 e. The summed E-state index contributed by atoms with van der Waals surface area (Å²) in [7, 11) is 1.30. The van der Waals surface area contributed by atoms with Gasteiger partial charge in [0.2, 0.25) is 5.91 Å². The van der Waals surface area contributed by atoms with Gasteiger partial charge in [0, 0.05) is 4.47 Å². The number of ether oxygens (including phenoxy) is 1. The molecule has 1 aliphatic heterocycles. The highest BCUT2D eigenvalue weighted by Gasteiger charge is 2.32. The maximum absolute atomic E-state index is 11.5. The van der Waals surface area contributed by atoms with E-state index < -0.39 is 23.1 Å². The number of carbonyl (C=O) groups is 3. The summed E-state index contributed by atoms with van der Waals surface area (Å²) in [6.07, 6.45) is 1.16. The first kappa shape index (κ1) is 18.1. The average Bonchev–Trinajstić information content (AvgIpc) is 2.86. The molecule has 1 saturated heterocycles. The highest BCUT2D eigenvalue weighted by molar-refractivity contribution is 9.10. The molecule has 0 spiro atoms. The Morgan fingerprint density at radius 1 is 1.50 bits per heavy atom. The number of benzene rings is 1. The van der Waals surface area contributed by atoms with E-state index >= 15 is 0 Å². The summed E-state index contributed by atoms with van der Waals surface area (Å²) in [6, 6.07) is 4.91. The second-order valence-electron chi connectivity index (χ2n) is 4.57. The van der Waals surface area contributed by atoms with Gasteiger partial charge in [-0.15, -0.1) is 5.10 Å². The fourth-order valence-corrected chi connectivity index (χ4v) is 3.25. The zero-order valence-corrected chi connectivity index (χ0v) is 14.8. The quantitative estimate of drug-likeness (QED) is 0.430. The van der Waals surface area contributed by atoms with Gasteiger partial charge in [-0.3, -0.25) is 9.59 Å². The van der Waals surface area contributed by atoms with Crippen molar-refractivity contribution in [1.82, 2.24) is 5.32 Å². The van der Waals surface area contributed by atoms with Gasteiger partial charge in [0.05, 0.1) is 25.3 Å². The van der Waals surface area contributed by atoms with Gasteiger partial charge in [-0.25, -0.2) is 4.79 Å². The van der Waals surface area contributed by atoms with Crippen molar-refractivity contribution >= 4 is 56.9 Å². The van der Waals surface area contributed by atoms with Gasteiger partial charge in [-0.2, -0.15) is 5.10 Å². The average molecular weight is 414 g/mol. The number of amidine groups is 1. The highest BCUT2D eigenvalue weighted by atomic mass is 79.9. The maximum atomic E-state index is 11.5. The predicted octanol–water partition coefficient (Wildman–Crippen LogP) is 1.63. The van der Waals surface area contributed by atoms with Crippen LogP contribution in [0.25, 0.3) is 0 Å². The van der Waals surface area contributed by atoms with Crippen LogP contribution in [0.3, 0.4) is 0 Å². The lowest BCUT2D eigenvalue weighted by Crippen LogP contribution is -2.26. The monoisotopic (exact) mass is 413 g/mol. The molecular formula is C14H12BrN3O5S. The summed E-state index contributed by atoms with van der Waals surface area (Å²) < 4.78 is 5.20. The van der Waals surface area contributed by atoms with E-state index in [9.17, 15) is 14.4 Å². The number of nitrogens with zero attached hydrogens (tertiary/aromatic N) is 2. The fourth-order valence-electron chi connectivity index (χ4n) is 1.78. The van der Waals surface area contributed by atoms with Crippen molar-refractivity contribution in [3.63, 3.8) is 0 Å². The Morgan fingerprint density at radius 2 is 2.25 bits per heavy atom. The molecule has 0 bridgehead atoms. The lowest BCUT2D eigenvalue weighted by Gasteiger charge is -2.02. The van der Waals surface area contributed by atoms with Crippen molar-refractivity contribution < 1.29 is 24.2 Å². The molecule has 0 radical (unpaired) electrons. The molecule has 24 heavy (non-hydrogen) atoms. The number of hydrogen-bond donors (Lipinski definition) is 2. The topological polar surface area (TPSA) is 117 Å². The second kappa shape index (κ2) is 8.06. The Morgan fingerprint density at radius 3 is 2.88 bits per heavy atom. The van der Waals surface area contributed by atoms with Crippen molar-refractivity contribution in [3.8, 4) is 0 Å². The number of halogens is 1. The summed E-state index contributed by atoms with van der Waals surface area (Å²) in [5, 5.41) is 18.4. The van der Waals surface area contributed by atoms with Gasteiger partial charge in [-0.05, 0) is 33.6 Å².